The molecule has 0 saturated carbocycles. The molecule has 4 rings (SSSR count). The molecule has 2 aromatic carbocycles. The van der Waals surface area contributed by atoms with Gasteiger partial charge in [0.2, 0.25) is 0 Å². The number of carboxylic acid groups (broad SMARTS) is 1. The predicted molar refractivity (Wildman–Crippen MR) is 114 cm³/mol. The third kappa shape index (κ3) is 4.88. The lowest BCUT2D eigenvalue weighted by molar-refractivity contribution is -0.893. The molecule has 160 valence electrons. The number of hydrogen-bond acceptors (Lipinski definition) is 5. The summed E-state index contributed by atoms with van der Waals surface area (Å²) in [6.07, 6.45) is 3.45. The van der Waals surface area contributed by atoms with E-state index in [0.29, 0.717) is 36.7 Å². The smallest absolute Gasteiger partial charge is 0.317 e. The Bertz CT molecular complexity index is 1080. The Morgan fingerprint density at radius 3 is 2.55 bits per heavy atom. The number of carboxylic acids is 1. The lowest BCUT2D eigenvalue weighted by atomic mass is 9.84. The third-order valence-corrected chi connectivity index (χ3v) is 5.53. The molecular weight excluding hydrogens is 396 g/mol. The molecule has 3 N–H and O–H groups in total. The number of anilines is 1. The van der Waals surface area contributed by atoms with Gasteiger partial charge in [0, 0.05) is 6.07 Å². The van der Waals surface area contributed by atoms with Gasteiger partial charge >= 0.3 is 11.8 Å². The summed E-state index contributed by atoms with van der Waals surface area (Å²) in [6, 6.07) is 16.8. The van der Waals surface area contributed by atoms with Crippen LogP contribution in [0.25, 0.3) is 0 Å². The van der Waals surface area contributed by atoms with Crippen LogP contribution in [0.5, 0.6) is 17.2 Å². The lowest BCUT2D eigenvalue weighted by Crippen LogP contribution is -2.33. The molecule has 0 bridgehead atoms. The Morgan fingerprint density at radius 1 is 1.06 bits per heavy atom. The Balaban J connectivity index is 1.46. The Hall–Kier alpha value is -3.74. The fourth-order valence-corrected chi connectivity index (χ4v) is 3.75. The van der Waals surface area contributed by atoms with Gasteiger partial charge in [-0.15, -0.1) is 0 Å². The topological polar surface area (TPSA) is 91.9 Å². The molecule has 31 heavy (non-hydrogen) atoms. The van der Waals surface area contributed by atoms with Gasteiger partial charge in [0.15, 0.2) is 0 Å². The number of ether oxygens (including phenoxy) is 2. The van der Waals surface area contributed by atoms with Crippen LogP contribution in [-0.2, 0) is 24.2 Å². The van der Waals surface area contributed by atoms with E-state index < -0.39 is 5.97 Å². The van der Waals surface area contributed by atoms with E-state index in [-0.39, 0.29) is 5.92 Å². The fourth-order valence-electron chi connectivity index (χ4n) is 3.75. The molecule has 1 aliphatic rings. The number of aromatic nitrogens is 1. The van der Waals surface area contributed by atoms with E-state index in [9.17, 15) is 15.1 Å². The van der Waals surface area contributed by atoms with E-state index in [4.69, 9.17) is 9.47 Å². The number of nitrogens with one attached hydrogen (secondary N) is 1. The molecule has 3 aromatic rings. The molecule has 1 unspecified atom stereocenters. The Kier molecular flexibility index (Phi) is 5.93. The number of methoxy groups -OCH3 is 1. The molecule has 0 radical (unpaired) electrons. The molecular formula is C24H25N2O5+. The van der Waals surface area contributed by atoms with Gasteiger partial charge in [-0.2, -0.15) is 0 Å². The summed E-state index contributed by atoms with van der Waals surface area (Å²) < 4.78 is 12.2. The second-order valence-corrected chi connectivity index (χ2v) is 7.60. The van der Waals surface area contributed by atoms with Gasteiger partial charge < -0.3 is 19.8 Å². The van der Waals surface area contributed by atoms with Crippen LogP contribution in [0.3, 0.4) is 0 Å². The average molecular weight is 421 g/mol. The van der Waals surface area contributed by atoms with Crippen LogP contribution in [0.15, 0.2) is 60.8 Å². The number of rotatable bonds is 7. The highest BCUT2D eigenvalue weighted by Crippen LogP contribution is 2.31. The van der Waals surface area contributed by atoms with Crippen LogP contribution in [0.4, 0.5) is 5.82 Å². The van der Waals surface area contributed by atoms with Crippen molar-refractivity contribution in [2.45, 2.75) is 25.8 Å². The molecule has 1 aliphatic carbocycles. The minimum absolute atomic E-state index is 0.346. The van der Waals surface area contributed by atoms with Gasteiger partial charge in [-0.25, -0.2) is 0 Å². The summed E-state index contributed by atoms with van der Waals surface area (Å²) >= 11 is 0. The number of benzene rings is 2. The largest absolute Gasteiger partial charge is 0.497 e. The molecule has 1 atom stereocenters. The number of aryl methyl sites for hydroxylation is 1. The van der Waals surface area contributed by atoms with Crippen molar-refractivity contribution in [1.29, 1.82) is 0 Å². The normalized spacial score (nSPS) is 15.1. The average Bonchev–Trinajstić information content (AvgIpc) is 2.79. The van der Waals surface area contributed by atoms with Crippen molar-refractivity contribution in [3.63, 3.8) is 0 Å². The zero-order chi connectivity index (χ0) is 21.8. The minimum atomic E-state index is -0.750. The standard InChI is InChI=1S/C24H24N2O5/c1-30-20-7-2-16(3-8-20)15-25-23-14-22(10-11-26(23)29)31-21-9-6-17-4-5-18(24(27)28)12-19(17)13-21/h2-3,6-11,13-14,18,29H,4-5,12,15H2,1H3,(H,27,28)/p+1. The number of aliphatic carboxylic acids is 1. The van der Waals surface area contributed by atoms with Gasteiger partial charge in [0.05, 0.1) is 19.1 Å². The summed E-state index contributed by atoms with van der Waals surface area (Å²) in [4.78, 5) is 11.3. The van der Waals surface area contributed by atoms with Crippen LogP contribution in [0.1, 0.15) is 23.1 Å². The van der Waals surface area contributed by atoms with Gasteiger partial charge in [-0.3, -0.25) is 10.1 Å². The Labute approximate surface area is 180 Å². The molecule has 0 aliphatic heterocycles. The number of fused-ring (bicyclic) bond motifs is 1. The van der Waals surface area contributed by atoms with E-state index in [1.54, 1.807) is 19.2 Å². The second-order valence-electron chi connectivity index (χ2n) is 7.60. The number of hydrogen-bond donors (Lipinski definition) is 3. The maximum Gasteiger partial charge on any atom is 0.317 e. The molecule has 0 amide bonds. The first-order chi connectivity index (χ1) is 15.0. The van der Waals surface area contributed by atoms with Crippen molar-refractivity contribution in [1.82, 2.24) is 0 Å². The Morgan fingerprint density at radius 2 is 1.81 bits per heavy atom. The molecule has 7 nitrogen and oxygen atoms in total. The first-order valence-corrected chi connectivity index (χ1v) is 10.2. The summed E-state index contributed by atoms with van der Waals surface area (Å²) in [5.41, 5.74) is 3.23. The highest BCUT2D eigenvalue weighted by atomic mass is 16.5. The van der Waals surface area contributed by atoms with E-state index in [1.165, 1.54) is 11.8 Å². The van der Waals surface area contributed by atoms with Crippen LogP contribution in [-0.4, -0.2) is 23.4 Å². The van der Waals surface area contributed by atoms with Crippen LogP contribution >= 0.6 is 0 Å². The molecule has 7 heteroatoms. The molecule has 0 saturated heterocycles. The number of nitrogens with zero attached hydrogens (tertiary/aromatic N) is 1. The van der Waals surface area contributed by atoms with Crippen molar-refractivity contribution in [2.75, 3.05) is 12.4 Å². The van der Waals surface area contributed by atoms with Crippen LogP contribution in [0, 0.1) is 5.92 Å². The van der Waals surface area contributed by atoms with Gasteiger partial charge in [-0.1, -0.05) is 22.9 Å². The van der Waals surface area contributed by atoms with Crippen molar-refractivity contribution >= 4 is 11.8 Å². The monoisotopic (exact) mass is 421 g/mol. The highest BCUT2D eigenvalue weighted by molar-refractivity contribution is 5.71. The van der Waals surface area contributed by atoms with E-state index in [0.717, 1.165) is 28.0 Å². The van der Waals surface area contributed by atoms with Crippen molar-refractivity contribution in [3.8, 4) is 17.2 Å². The number of carbonyl (C=O) groups is 1. The first kappa shape index (κ1) is 20.5. The quantitative estimate of drug-likeness (QED) is 0.397. The van der Waals surface area contributed by atoms with Crippen LogP contribution < -0.4 is 19.5 Å². The molecule has 1 aromatic heterocycles. The summed E-state index contributed by atoms with van der Waals surface area (Å²) in [5.74, 6) is 1.38. The van der Waals surface area contributed by atoms with Crippen LogP contribution in [0.2, 0.25) is 0 Å². The van der Waals surface area contributed by atoms with E-state index >= 15 is 0 Å². The van der Waals surface area contributed by atoms with Gasteiger partial charge in [-0.05, 0) is 60.2 Å². The van der Waals surface area contributed by atoms with Gasteiger partial charge in [0.1, 0.15) is 30.0 Å². The molecule has 1 heterocycles. The zero-order valence-corrected chi connectivity index (χ0v) is 17.2. The summed E-state index contributed by atoms with van der Waals surface area (Å²) in [5, 5.41) is 22.6. The minimum Gasteiger partial charge on any atom is -0.497 e. The molecule has 0 fully saturated rings. The summed E-state index contributed by atoms with van der Waals surface area (Å²) in [7, 11) is 1.63. The maximum absolute atomic E-state index is 11.3. The third-order valence-electron chi connectivity index (χ3n) is 5.53. The lowest BCUT2D eigenvalue weighted by Gasteiger charge is -2.22. The van der Waals surface area contributed by atoms with Crippen molar-refractivity contribution in [3.05, 3.63) is 77.5 Å². The maximum atomic E-state index is 11.3. The predicted octanol–water partition coefficient (Wildman–Crippen LogP) is 3.81. The fraction of sp³-hybridized carbons (Fsp3) is 0.250. The van der Waals surface area contributed by atoms with E-state index in [2.05, 4.69) is 5.32 Å². The SMILES string of the molecule is COc1ccc(CNc2cc(Oc3ccc4c(c3)CC(C(=O)O)CC4)cc[n+]2O)cc1. The van der Waals surface area contributed by atoms with Gasteiger partial charge in [0.25, 0.3) is 0 Å². The highest BCUT2D eigenvalue weighted by Gasteiger charge is 2.24. The summed E-state index contributed by atoms with van der Waals surface area (Å²) in [6.45, 7) is 0.517. The zero-order valence-electron chi connectivity index (χ0n) is 17.2. The van der Waals surface area contributed by atoms with Crippen molar-refractivity contribution < 1.29 is 29.3 Å². The molecule has 0 spiro atoms. The van der Waals surface area contributed by atoms with Crippen molar-refractivity contribution in [2.24, 2.45) is 5.92 Å². The second kappa shape index (κ2) is 8.95. The van der Waals surface area contributed by atoms with E-state index in [1.807, 2.05) is 42.5 Å². The first-order valence-electron chi connectivity index (χ1n) is 10.2. The number of pyridine rings is 1.